The lowest BCUT2D eigenvalue weighted by atomic mass is 10.2. The van der Waals surface area contributed by atoms with Gasteiger partial charge in [-0.25, -0.2) is 0 Å². The van der Waals surface area contributed by atoms with Crippen molar-refractivity contribution in [2.24, 2.45) is 0 Å². The molecule has 0 bridgehead atoms. The maximum absolute atomic E-state index is 8.53. The summed E-state index contributed by atoms with van der Waals surface area (Å²) < 4.78 is 0. The average molecular weight is 164 g/mol. The van der Waals surface area contributed by atoms with Crippen molar-refractivity contribution in [3.05, 3.63) is 29.8 Å². The average Bonchev–Trinajstić information content (AvgIpc) is 2.06. The standard InChI is InChI=1S/C8H8N2S/c9-5-7-2-1-3-8(4-7)10-6-11/h1-4,10-11H,6H2. The Kier molecular flexibility index (Phi) is 2.82. The Bertz CT molecular complexity index is 278. The van der Waals surface area contributed by atoms with Gasteiger partial charge in [0.25, 0.3) is 0 Å². The van der Waals surface area contributed by atoms with Crippen LogP contribution in [0.15, 0.2) is 24.3 Å². The lowest BCUT2D eigenvalue weighted by Gasteiger charge is -2.00. The second kappa shape index (κ2) is 3.89. The molecule has 3 heteroatoms. The van der Waals surface area contributed by atoms with Crippen molar-refractivity contribution in [1.29, 1.82) is 5.26 Å². The first kappa shape index (κ1) is 7.96. The molecule has 0 radical (unpaired) electrons. The molecule has 0 amide bonds. The highest BCUT2D eigenvalue weighted by atomic mass is 32.1. The van der Waals surface area contributed by atoms with E-state index < -0.39 is 0 Å². The molecule has 1 aromatic rings. The molecule has 0 atom stereocenters. The van der Waals surface area contributed by atoms with Gasteiger partial charge in [0.15, 0.2) is 0 Å². The van der Waals surface area contributed by atoms with Crippen LogP contribution in [0.1, 0.15) is 5.56 Å². The van der Waals surface area contributed by atoms with E-state index in [1.165, 1.54) is 0 Å². The molecular formula is C8H8N2S. The quantitative estimate of drug-likeness (QED) is 0.517. The summed E-state index contributed by atoms with van der Waals surface area (Å²) in [6.07, 6.45) is 0. The summed E-state index contributed by atoms with van der Waals surface area (Å²) in [5.74, 6) is 0.578. The Balaban J connectivity index is 2.85. The van der Waals surface area contributed by atoms with E-state index in [1.807, 2.05) is 12.1 Å². The second-order valence-electron chi connectivity index (χ2n) is 2.03. The van der Waals surface area contributed by atoms with Crippen molar-refractivity contribution in [3.8, 4) is 6.07 Å². The third-order valence-electron chi connectivity index (χ3n) is 1.27. The molecule has 0 aliphatic rings. The van der Waals surface area contributed by atoms with Gasteiger partial charge in [-0.1, -0.05) is 6.07 Å². The van der Waals surface area contributed by atoms with Crippen LogP contribution in [0.5, 0.6) is 0 Å². The van der Waals surface area contributed by atoms with Gasteiger partial charge in [-0.3, -0.25) is 0 Å². The van der Waals surface area contributed by atoms with Crippen molar-refractivity contribution >= 4 is 18.3 Å². The smallest absolute Gasteiger partial charge is 0.0992 e. The zero-order valence-electron chi connectivity index (χ0n) is 5.91. The molecule has 0 aromatic heterocycles. The SMILES string of the molecule is N#Cc1cccc(NCS)c1. The summed E-state index contributed by atoms with van der Waals surface area (Å²) >= 11 is 4.00. The first-order chi connectivity index (χ1) is 5.36. The van der Waals surface area contributed by atoms with E-state index in [-0.39, 0.29) is 0 Å². The van der Waals surface area contributed by atoms with Crippen molar-refractivity contribution in [2.45, 2.75) is 0 Å². The van der Waals surface area contributed by atoms with E-state index in [2.05, 4.69) is 24.0 Å². The van der Waals surface area contributed by atoms with E-state index >= 15 is 0 Å². The normalized spacial score (nSPS) is 8.73. The Morgan fingerprint density at radius 1 is 1.55 bits per heavy atom. The fraction of sp³-hybridized carbons (Fsp3) is 0.125. The van der Waals surface area contributed by atoms with E-state index in [1.54, 1.807) is 12.1 Å². The second-order valence-corrected chi connectivity index (χ2v) is 2.34. The fourth-order valence-electron chi connectivity index (χ4n) is 0.790. The number of hydrogen-bond donors (Lipinski definition) is 2. The molecule has 11 heavy (non-hydrogen) atoms. The zero-order valence-corrected chi connectivity index (χ0v) is 6.81. The molecule has 1 aromatic carbocycles. The van der Waals surface area contributed by atoms with Crippen LogP contribution in [0.4, 0.5) is 5.69 Å². The number of thiol groups is 1. The van der Waals surface area contributed by atoms with Crippen LogP contribution in [0.25, 0.3) is 0 Å². The van der Waals surface area contributed by atoms with Gasteiger partial charge in [0.2, 0.25) is 0 Å². The molecule has 0 saturated heterocycles. The minimum atomic E-state index is 0.578. The van der Waals surface area contributed by atoms with Gasteiger partial charge in [0.1, 0.15) is 0 Å². The monoisotopic (exact) mass is 164 g/mol. The van der Waals surface area contributed by atoms with Crippen LogP contribution in [0, 0.1) is 11.3 Å². The molecule has 0 aliphatic carbocycles. The summed E-state index contributed by atoms with van der Waals surface area (Å²) in [5.41, 5.74) is 1.59. The molecule has 0 saturated carbocycles. The predicted octanol–water partition coefficient (Wildman–Crippen LogP) is 1.86. The molecule has 1 rings (SSSR count). The highest BCUT2D eigenvalue weighted by Crippen LogP contribution is 2.08. The third-order valence-corrected chi connectivity index (χ3v) is 1.43. The number of benzene rings is 1. The van der Waals surface area contributed by atoms with Gasteiger partial charge >= 0.3 is 0 Å². The van der Waals surface area contributed by atoms with Gasteiger partial charge in [0.05, 0.1) is 17.5 Å². The minimum absolute atomic E-state index is 0.578. The van der Waals surface area contributed by atoms with Gasteiger partial charge in [-0.05, 0) is 18.2 Å². The van der Waals surface area contributed by atoms with Crippen LogP contribution in [-0.2, 0) is 0 Å². The van der Waals surface area contributed by atoms with E-state index in [9.17, 15) is 0 Å². The number of nitrogens with zero attached hydrogens (tertiary/aromatic N) is 1. The largest absolute Gasteiger partial charge is 0.376 e. The number of rotatable bonds is 2. The van der Waals surface area contributed by atoms with Crippen LogP contribution >= 0.6 is 12.6 Å². The highest BCUT2D eigenvalue weighted by molar-refractivity contribution is 7.80. The molecule has 0 heterocycles. The van der Waals surface area contributed by atoms with Gasteiger partial charge in [-0.2, -0.15) is 17.9 Å². The Morgan fingerprint density at radius 3 is 3.00 bits per heavy atom. The van der Waals surface area contributed by atoms with Crippen LogP contribution in [-0.4, -0.2) is 5.88 Å². The maximum Gasteiger partial charge on any atom is 0.0992 e. The first-order valence-electron chi connectivity index (χ1n) is 3.21. The molecular weight excluding hydrogens is 156 g/mol. The molecule has 56 valence electrons. The molecule has 0 fully saturated rings. The topological polar surface area (TPSA) is 35.8 Å². The summed E-state index contributed by atoms with van der Waals surface area (Å²) in [6.45, 7) is 0. The molecule has 1 N–H and O–H groups in total. The Hall–Kier alpha value is -1.14. The summed E-state index contributed by atoms with van der Waals surface area (Å²) in [6, 6.07) is 9.35. The van der Waals surface area contributed by atoms with Crippen molar-refractivity contribution < 1.29 is 0 Å². The predicted molar refractivity (Wildman–Crippen MR) is 48.6 cm³/mol. The Labute approximate surface area is 71.3 Å². The number of hydrogen-bond acceptors (Lipinski definition) is 3. The zero-order chi connectivity index (χ0) is 8.10. The maximum atomic E-state index is 8.53. The minimum Gasteiger partial charge on any atom is -0.376 e. The van der Waals surface area contributed by atoms with Crippen molar-refractivity contribution in [1.82, 2.24) is 0 Å². The van der Waals surface area contributed by atoms with Crippen molar-refractivity contribution in [2.75, 3.05) is 11.2 Å². The lowest BCUT2D eigenvalue weighted by molar-refractivity contribution is 1.44. The molecule has 2 nitrogen and oxygen atoms in total. The summed E-state index contributed by atoms with van der Waals surface area (Å²) in [5, 5.41) is 11.5. The van der Waals surface area contributed by atoms with Crippen LogP contribution in [0.2, 0.25) is 0 Å². The number of nitrogens with one attached hydrogen (secondary N) is 1. The number of nitriles is 1. The van der Waals surface area contributed by atoms with Crippen LogP contribution < -0.4 is 5.32 Å². The highest BCUT2D eigenvalue weighted by Gasteiger charge is 1.91. The van der Waals surface area contributed by atoms with Gasteiger partial charge in [-0.15, -0.1) is 0 Å². The first-order valence-corrected chi connectivity index (χ1v) is 3.85. The van der Waals surface area contributed by atoms with E-state index in [0.29, 0.717) is 11.4 Å². The van der Waals surface area contributed by atoms with Gasteiger partial charge in [0, 0.05) is 5.69 Å². The molecule has 0 aliphatic heterocycles. The fourth-order valence-corrected chi connectivity index (χ4v) is 0.973. The third kappa shape index (κ3) is 2.17. The van der Waals surface area contributed by atoms with Gasteiger partial charge < -0.3 is 5.32 Å². The summed E-state index contributed by atoms with van der Waals surface area (Å²) in [4.78, 5) is 0. The number of anilines is 1. The van der Waals surface area contributed by atoms with Crippen LogP contribution in [0.3, 0.4) is 0 Å². The van der Waals surface area contributed by atoms with E-state index in [4.69, 9.17) is 5.26 Å². The van der Waals surface area contributed by atoms with E-state index in [0.717, 1.165) is 5.69 Å². The lowest BCUT2D eigenvalue weighted by Crippen LogP contribution is -1.93. The van der Waals surface area contributed by atoms with Crippen molar-refractivity contribution in [3.63, 3.8) is 0 Å². The molecule has 0 unspecified atom stereocenters. The summed E-state index contributed by atoms with van der Waals surface area (Å²) in [7, 11) is 0. The molecule has 0 spiro atoms. The Morgan fingerprint density at radius 2 is 2.36 bits per heavy atom.